The van der Waals surface area contributed by atoms with Gasteiger partial charge in [0.1, 0.15) is 0 Å². The van der Waals surface area contributed by atoms with Crippen LogP contribution in [0.1, 0.15) is 16.7 Å². The molecule has 6 rings (SSSR count). The Balaban J connectivity index is 1.38. The van der Waals surface area contributed by atoms with Crippen molar-refractivity contribution < 1.29 is 0 Å². The van der Waals surface area contributed by atoms with Crippen molar-refractivity contribution in [3.05, 3.63) is 111 Å². The van der Waals surface area contributed by atoms with Crippen molar-refractivity contribution in [3.63, 3.8) is 0 Å². The Kier molecular flexibility index (Phi) is 7.15. The Morgan fingerprint density at radius 2 is 1.75 bits per heavy atom. The number of aromatic nitrogens is 4. The molecule has 4 heterocycles. The van der Waals surface area contributed by atoms with Crippen molar-refractivity contribution in [3.8, 4) is 17.5 Å². The summed E-state index contributed by atoms with van der Waals surface area (Å²) in [5, 5.41) is 7.93. The second kappa shape index (κ2) is 11.2. The largest absolute Gasteiger partial charge is 0.368 e. The van der Waals surface area contributed by atoms with Gasteiger partial charge >= 0.3 is 0 Å². The van der Waals surface area contributed by atoms with E-state index >= 15 is 0 Å². The van der Waals surface area contributed by atoms with E-state index in [9.17, 15) is 4.79 Å². The van der Waals surface area contributed by atoms with E-state index in [-0.39, 0.29) is 5.56 Å². The first kappa shape index (κ1) is 25.6. The van der Waals surface area contributed by atoms with Gasteiger partial charge in [-0.05, 0) is 55.5 Å². The number of rotatable bonds is 4. The lowest BCUT2D eigenvalue weighted by molar-refractivity contribution is 0.589. The van der Waals surface area contributed by atoms with Crippen LogP contribution in [0.25, 0.3) is 16.7 Å². The lowest BCUT2D eigenvalue weighted by Gasteiger charge is -2.30. The number of benzene rings is 2. The van der Waals surface area contributed by atoms with E-state index in [0.717, 1.165) is 48.7 Å². The molecule has 9 heteroatoms. The van der Waals surface area contributed by atoms with Crippen LogP contribution >= 0.6 is 11.6 Å². The molecule has 1 saturated heterocycles. The number of fused-ring (bicyclic) bond motifs is 1. The summed E-state index contributed by atoms with van der Waals surface area (Å²) < 4.78 is 1.55. The molecule has 1 aliphatic heterocycles. The van der Waals surface area contributed by atoms with Crippen LogP contribution < -0.4 is 21.1 Å². The van der Waals surface area contributed by atoms with Gasteiger partial charge in [0.05, 0.1) is 22.0 Å². The molecule has 0 saturated carbocycles. The van der Waals surface area contributed by atoms with E-state index in [1.165, 1.54) is 0 Å². The summed E-state index contributed by atoms with van der Waals surface area (Å²) >= 11 is 6.64. The van der Waals surface area contributed by atoms with Crippen LogP contribution in [-0.2, 0) is 0 Å². The minimum absolute atomic E-state index is 0.272. The van der Waals surface area contributed by atoms with Crippen molar-refractivity contribution in [2.24, 2.45) is 0 Å². The van der Waals surface area contributed by atoms with Crippen LogP contribution in [-0.4, -0.2) is 45.7 Å². The molecule has 1 fully saturated rings. The predicted molar refractivity (Wildman–Crippen MR) is 160 cm³/mol. The summed E-state index contributed by atoms with van der Waals surface area (Å²) in [6.45, 7) is 5.70. The van der Waals surface area contributed by atoms with Crippen LogP contribution in [0, 0.1) is 18.8 Å². The third-order valence-electron chi connectivity index (χ3n) is 6.72. The zero-order valence-corrected chi connectivity index (χ0v) is 22.6. The quantitative estimate of drug-likeness (QED) is 0.316. The zero-order chi connectivity index (χ0) is 27.5. The highest BCUT2D eigenvalue weighted by molar-refractivity contribution is 6.33. The highest BCUT2D eigenvalue weighted by Crippen LogP contribution is 2.30. The number of hydrogen-bond donors (Lipinski definition) is 2. The molecule has 0 radical (unpaired) electrons. The van der Waals surface area contributed by atoms with Gasteiger partial charge in [0, 0.05) is 61.4 Å². The van der Waals surface area contributed by atoms with Gasteiger partial charge in [0.15, 0.2) is 5.65 Å². The van der Waals surface area contributed by atoms with Crippen molar-refractivity contribution in [1.82, 2.24) is 24.8 Å². The molecule has 1 aliphatic rings. The van der Waals surface area contributed by atoms with E-state index in [1.807, 2.05) is 49.4 Å². The minimum Gasteiger partial charge on any atom is -0.368 e. The van der Waals surface area contributed by atoms with Gasteiger partial charge in [-0.3, -0.25) is 14.3 Å². The van der Waals surface area contributed by atoms with E-state index < -0.39 is 0 Å². The van der Waals surface area contributed by atoms with Crippen molar-refractivity contribution in [2.45, 2.75) is 6.92 Å². The molecule has 0 atom stereocenters. The number of piperazine rings is 1. The molecule has 2 aromatic carbocycles. The van der Waals surface area contributed by atoms with Gasteiger partial charge in [-0.2, -0.15) is 4.98 Å². The summed E-state index contributed by atoms with van der Waals surface area (Å²) in [5.74, 6) is 6.50. The molecule has 0 aliphatic carbocycles. The summed E-state index contributed by atoms with van der Waals surface area (Å²) in [4.78, 5) is 29.3. The van der Waals surface area contributed by atoms with Crippen LogP contribution in [0.4, 0.5) is 17.3 Å². The van der Waals surface area contributed by atoms with E-state index in [2.05, 4.69) is 37.3 Å². The highest BCUT2D eigenvalue weighted by atomic mass is 35.5. The molecule has 5 aromatic rings. The molecule has 0 spiro atoms. The Bertz CT molecular complexity index is 1800. The topological polar surface area (TPSA) is 88.0 Å². The van der Waals surface area contributed by atoms with Crippen molar-refractivity contribution in [1.29, 1.82) is 0 Å². The maximum atomic E-state index is 13.7. The van der Waals surface area contributed by atoms with Crippen LogP contribution in [0.5, 0.6) is 0 Å². The van der Waals surface area contributed by atoms with Crippen LogP contribution in [0.15, 0.2) is 84.0 Å². The molecule has 2 N–H and O–H groups in total. The number of hydrogen-bond acceptors (Lipinski definition) is 7. The van der Waals surface area contributed by atoms with Gasteiger partial charge < -0.3 is 15.5 Å². The fourth-order valence-corrected chi connectivity index (χ4v) is 4.93. The normalized spacial score (nSPS) is 13.1. The second-order valence-corrected chi connectivity index (χ2v) is 9.93. The standard InChI is InChI=1S/C31H26ClN7O/c1-21-2-4-22(5-3-21)6-7-23-18-24-20-35-31(37-29(24)39(30(23)40)26-10-12-33-13-11-26)36-25-8-9-28(27(32)19-25)38-16-14-34-15-17-38/h2-5,8-13,18-20,34H,14-17H2,1H3,(H,35,36,37). The molecular weight excluding hydrogens is 522 g/mol. The molecular formula is C31H26ClN7O. The third-order valence-corrected chi connectivity index (χ3v) is 7.02. The average molecular weight is 548 g/mol. The van der Waals surface area contributed by atoms with Gasteiger partial charge in [0.25, 0.3) is 5.56 Å². The summed E-state index contributed by atoms with van der Waals surface area (Å²) in [5.41, 5.74) is 4.90. The van der Waals surface area contributed by atoms with Crippen LogP contribution in [0.2, 0.25) is 5.02 Å². The van der Waals surface area contributed by atoms with Gasteiger partial charge in [0.2, 0.25) is 5.95 Å². The molecule has 8 nitrogen and oxygen atoms in total. The van der Waals surface area contributed by atoms with Gasteiger partial charge in [-0.25, -0.2) is 4.98 Å². The first-order chi connectivity index (χ1) is 19.5. The predicted octanol–water partition coefficient (Wildman–Crippen LogP) is 4.69. The minimum atomic E-state index is -0.272. The average Bonchev–Trinajstić information content (AvgIpc) is 2.98. The Hall–Kier alpha value is -4.71. The van der Waals surface area contributed by atoms with Gasteiger partial charge in [-0.1, -0.05) is 41.1 Å². The van der Waals surface area contributed by atoms with Crippen molar-refractivity contribution >= 4 is 40.0 Å². The fraction of sp³-hybridized carbons (Fsp3) is 0.161. The van der Waals surface area contributed by atoms with E-state index in [4.69, 9.17) is 16.6 Å². The molecule has 3 aromatic heterocycles. The summed E-state index contributed by atoms with van der Waals surface area (Å²) in [6.07, 6.45) is 4.97. The van der Waals surface area contributed by atoms with Crippen molar-refractivity contribution in [2.75, 3.05) is 36.4 Å². The third kappa shape index (κ3) is 5.38. The zero-order valence-electron chi connectivity index (χ0n) is 21.9. The van der Waals surface area contributed by atoms with E-state index in [1.54, 1.807) is 41.4 Å². The smallest absolute Gasteiger partial charge is 0.272 e. The number of nitrogens with one attached hydrogen (secondary N) is 2. The SMILES string of the molecule is Cc1ccc(C#Cc2cc3cnc(Nc4ccc(N5CCNCC5)c(Cl)c4)nc3n(-c3ccncc3)c2=O)cc1. The Morgan fingerprint density at radius 3 is 2.50 bits per heavy atom. The van der Waals surface area contributed by atoms with Crippen LogP contribution in [0.3, 0.4) is 0 Å². The summed E-state index contributed by atoms with van der Waals surface area (Å²) in [7, 11) is 0. The highest BCUT2D eigenvalue weighted by Gasteiger charge is 2.16. The Labute approximate surface area is 236 Å². The lowest BCUT2D eigenvalue weighted by Crippen LogP contribution is -2.43. The number of halogens is 1. The summed E-state index contributed by atoms with van der Waals surface area (Å²) in [6, 6.07) is 19.0. The number of nitrogens with zero attached hydrogens (tertiary/aromatic N) is 5. The number of pyridine rings is 2. The number of aryl methyl sites for hydroxylation is 1. The molecule has 0 unspecified atom stereocenters. The maximum Gasteiger partial charge on any atom is 0.272 e. The number of anilines is 3. The second-order valence-electron chi connectivity index (χ2n) is 9.52. The Morgan fingerprint density at radius 1 is 0.975 bits per heavy atom. The molecule has 40 heavy (non-hydrogen) atoms. The van der Waals surface area contributed by atoms with Gasteiger partial charge in [-0.15, -0.1) is 0 Å². The monoisotopic (exact) mass is 547 g/mol. The van der Waals surface area contributed by atoms with E-state index in [0.29, 0.717) is 33.3 Å². The molecule has 198 valence electrons. The first-order valence-corrected chi connectivity index (χ1v) is 13.4. The first-order valence-electron chi connectivity index (χ1n) is 13.0. The fourth-order valence-electron chi connectivity index (χ4n) is 4.63. The maximum absolute atomic E-state index is 13.7. The lowest BCUT2D eigenvalue weighted by atomic mass is 10.1. The molecule has 0 amide bonds. The molecule has 0 bridgehead atoms.